The molecule has 0 bridgehead atoms. The van der Waals surface area contributed by atoms with Gasteiger partial charge in [0.2, 0.25) is 0 Å². The Balaban J connectivity index is 2.25. The molecular formula is C14H11BrClF2N. The molecule has 0 fully saturated rings. The second kappa shape index (κ2) is 5.99. The van der Waals surface area contributed by atoms with Crippen molar-refractivity contribution < 1.29 is 8.78 Å². The lowest BCUT2D eigenvalue weighted by Gasteiger charge is -2.14. The molecule has 1 atom stereocenters. The molecule has 2 aromatic carbocycles. The van der Waals surface area contributed by atoms with E-state index in [1.165, 1.54) is 24.3 Å². The molecule has 1 unspecified atom stereocenters. The number of benzene rings is 2. The molecule has 2 aromatic rings. The number of nitrogens with two attached hydrogens (primary N) is 1. The average molecular weight is 347 g/mol. The molecule has 0 saturated carbocycles. The van der Waals surface area contributed by atoms with Gasteiger partial charge in [-0.05, 0) is 42.3 Å². The van der Waals surface area contributed by atoms with Crippen LogP contribution in [-0.2, 0) is 6.42 Å². The van der Waals surface area contributed by atoms with Crippen LogP contribution in [-0.4, -0.2) is 0 Å². The number of hydrogen-bond donors (Lipinski definition) is 1. The fourth-order valence-corrected chi connectivity index (χ4v) is 2.38. The fraction of sp³-hybridized carbons (Fsp3) is 0.143. The lowest BCUT2D eigenvalue weighted by molar-refractivity contribution is 0.563. The van der Waals surface area contributed by atoms with Crippen molar-refractivity contribution in [2.75, 3.05) is 0 Å². The van der Waals surface area contributed by atoms with Gasteiger partial charge in [0.05, 0.1) is 0 Å². The van der Waals surface area contributed by atoms with Crippen molar-refractivity contribution in [1.82, 2.24) is 0 Å². The highest BCUT2D eigenvalue weighted by atomic mass is 79.9. The molecule has 0 aliphatic carbocycles. The van der Waals surface area contributed by atoms with Crippen LogP contribution in [0, 0.1) is 11.6 Å². The molecule has 0 aliphatic rings. The van der Waals surface area contributed by atoms with Crippen LogP contribution in [0.5, 0.6) is 0 Å². The summed E-state index contributed by atoms with van der Waals surface area (Å²) in [5.74, 6) is -0.804. The van der Waals surface area contributed by atoms with Gasteiger partial charge in [-0.2, -0.15) is 0 Å². The molecule has 2 rings (SSSR count). The summed E-state index contributed by atoms with van der Waals surface area (Å²) in [5.41, 5.74) is 6.66. The number of hydrogen-bond acceptors (Lipinski definition) is 1. The summed E-state index contributed by atoms with van der Waals surface area (Å²) >= 11 is 8.99. The molecular weight excluding hydrogens is 336 g/mol. The summed E-state index contributed by atoms with van der Waals surface area (Å²) in [6, 6.07) is 8.26. The van der Waals surface area contributed by atoms with Crippen LogP contribution >= 0.6 is 27.5 Å². The standard InChI is InChI=1S/C14H11BrClF2N/c15-9-1-3-11(13(18)7-9)14(19)6-8-5-10(16)2-4-12(8)17/h1-5,7,14H,6,19H2. The van der Waals surface area contributed by atoms with Crippen LogP contribution in [0.3, 0.4) is 0 Å². The highest BCUT2D eigenvalue weighted by Gasteiger charge is 2.14. The Labute approximate surface area is 123 Å². The molecule has 100 valence electrons. The highest BCUT2D eigenvalue weighted by molar-refractivity contribution is 9.10. The molecule has 0 heterocycles. The quantitative estimate of drug-likeness (QED) is 0.862. The second-order valence-corrected chi connectivity index (χ2v) is 5.56. The lowest BCUT2D eigenvalue weighted by Crippen LogP contribution is -2.15. The van der Waals surface area contributed by atoms with Crippen molar-refractivity contribution >= 4 is 27.5 Å². The predicted molar refractivity (Wildman–Crippen MR) is 76.1 cm³/mol. The minimum absolute atomic E-state index is 0.185. The van der Waals surface area contributed by atoms with E-state index in [0.29, 0.717) is 20.6 Å². The van der Waals surface area contributed by atoms with Crippen LogP contribution in [0.2, 0.25) is 5.02 Å². The fourth-order valence-electron chi connectivity index (χ4n) is 1.85. The third kappa shape index (κ3) is 3.53. The summed E-state index contributed by atoms with van der Waals surface area (Å²) in [4.78, 5) is 0. The van der Waals surface area contributed by atoms with Gasteiger partial charge < -0.3 is 5.73 Å². The summed E-state index contributed by atoms with van der Waals surface area (Å²) in [6.45, 7) is 0. The smallest absolute Gasteiger partial charge is 0.129 e. The first-order chi connectivity index (χ1) is 8.97. The molecule has 19 heavy (non-hydrogen) atoms. The zero-order valence-corrected chi connectivity index (χ0v) is 12.2. The second-order valence-electron chi connectivity index (χ2n) is 4.21. The summed E-state index contributed by atoms with van der Waals surface area (Å²) in [5, 5.41) is 0.430. The first-order valence-corrected chi connectivity index (χ1v) is 6.79. The normalized spacial score (nSPS) is 12.5. The SMILES string of the molecule is NC(Cc1cc(Cl)ccc1F)c1ccc(Br)cc1F. The van der Waals surface area contributed by atoms with Crippen LogP contribution in [0.25, 0.3) is 0 Å². The largest absolute Gasteiger partial charge is 0.324 e. The molecule has 0 spiro atoms. The Bertz CT molecular complexity index is 604. The van der Waals surface area contributed by atoms with E-state index in [4.69, 9.17) is 17.3 Å². The highest BCUT2D eigenvalue weighted by Crippen LogP contribution is 2.24. The Morgan fingerprint density at radius 1 is 1.11 bits per heavy atom. The monoisotopic (exact) mass is 345 g/mol. The lowest BCUT2D eigenvalue weighted by atomic mass is 9.99. The van der Waals surface area contributed by atoms with Gasteiger partial charge in [0, 0.05) is 21.1 Å². The summed E-state index contributed by atoms with van der Waals surface area (Å²) in [7, 11) is 0. The van der Waals surface area contributed by atoms with Gasteiger partial charge in [0.1, 0.15) is 11.6 Å². The van der Waals surface area contributed by atoms with Crippen LogP contribution in [0.15, 0.2) is 40.9 Å². The van der Waals surface area contributed by atoms with Crippen LogP contribution < -0.4 is 5.73 Å². The molecule has 2 N–H and O–H groups in total. The molecule has 1 nitrogen and oxygen atoms in total. The minimum atomic E-state index is -0.624. The van der Waals surface area contributed by atoms with Crippen molar-refractivity contribution in [2.45, 2.75) is 12.5 Å². The average Bonchev–Trinajstić information content (AvgIpc) is 2.33. The molecule has 0 radical (unpaired) electrons. The summed E-state index contributed by atoms with van der Waals surface area (Å²) in [6.07, 6.45) is 0.185. The molecule has 0 saturated heterocycles. The first-order valence-electron chi connectivity index (χ1n) is 5.62. The molecule has 0 amide bonds. The van der Waals surface area contributed by atoms with Gasteiger partial charge in [-0.1, -0.05) is 33.6 Å². The van der Waals surface area contributed by atoms with E-state index in [9.17, 15) is 8.78 Å². The van der Waals surface area contributed by atoms with Gasteiger partial charge in [-0.25, -0.2) is 8.78 Å². The van der Waals surface area contributed by atoms with Crippen LogP contribution in [0.1, 0.15) is 17.2 Å². The maximum absolute atomic E-state index is 13.8. The number of rotatable bonds is 3. The Morgan fingerprint density at radius 3 is 2.53 bits per heavy atom. The summed E-state index contributed by atoms with van der Waals surface area (Å²) < 4.78 is 28.0. The van der Waals surface area contributed by atoms with Crippen molar-refractivity contribution in [3.63, 3.8) is 0 Å². The predicted octanol–water partition coefficient (Wildman–Crippen LogP) is 4.62. The van der Waals surface area contributed by atoms with E-state index < -0.39 is 17.7 Å². The first kappa shape index (κ1) is 14.4. The maximum Gasteiger partial charge on any atom is 0.129 e. The minimum Gasteiger partial charge on any atom is -0.324 e. The topological polar surface area (TPSA) is 26.0 Å². The van der Waals surface area contributed by atoms with E-state index in [2.05, 4.69) is 15.9 Å². The Morgan fingerprint density at radius 2 is 1.84 bits per heavy atom. The molecule has 0 aliphatic heterocycles. The van der Waals surface area contributed by atoms with E-state index in [-0.39, 0.29) is 6.42 Å². The van der Waals surface area contributed by atoms with Gasteiger partial charge >= 0.3 is 0 Å². The maximum atomic E-state index is 13.8. The van der Waals surface area contributed by atoms with Crippen LogP contribution in [0.4, 0.5) is 8.78 Å². The Kier molecular flexibility index (Phi) is 4.55. The van der Waals surface area contributed by atoms with Gasteiger partial charge in [0.25, 0.3) is 0 Å². The zero-order chi connectivity index (χ0) is 14.0. The van der Waals surface area contributed by atoms with Crippen molar-refractivity contribution in [2.24, 2.45) is 5.73 Å². The third-order valence-corrected chi connectivity index (χ3v) is 3.54. The van der Waals surface area contributed by atoms with E-state index in [0.717, 1.165) is 0 Å². The van der Waals surface area contributed by atoms with Gasteiger partial charge in [0.15, 0.2) is 0 Å². The van der Waals surface area contributed by atoms with E-state index >= 15 is 0 Å². The number of halogens is 4. The van der Waals surface area contributed by atoms with E-state index in [1.54, 1.807) is 12.1 Å². The van der Waals surface area contributed by atoms with E-state index in [1.807, 2.05) is 0 Å². The zero-order valence-electron chi connectivity index (χ0n) is 9.84. The molecule has 0 aromatic heterocycles. The van der Waals surface area contributed by atoms with Crippen molar-refractivity contribution in [1.29, 1.82) is 0 Å². The van der Waals surface area contributed by atoms with Crippen molar-refractivity contribution in [3.05, 3.63) is 68.7 Å². The van der Waals surface area contributed by atoms with Crippen molar-refractivity contribution in [3.8, 4) is 0 Å². The molecule has 5 heteroatoms. The van der Waals surface area contributed by atoms with Gasteiger partial charge in [-0.3, -0.25) is 0 Å². The third-order valence-electron chi connectivity index (χ3n) is 2.81. The van der Waals surface area contributed by atoms with Gasteiger partial charge in [-0.15, -0.1) is 0 Å². The Hall–Kier alpha value is -0.970.